The fourth-order valence-electron chi connectivity index (χ4n) is 5.10. The Bertz CT molecular complexity index is 782. The zero-order chi connectivity index (χ0) is 19.0. The number of nitrogens with zero attached hydrogens (tertiary/aromatic N) is 1. The highest BCUT2D eigenvalue weighted by molar-refractivity contribution is 7.88. The Morgan fingerprint density at radius 3 is 2.37 bits per heavy atom. The molecule has 3 unspecified atom stereocenters. The molecule has 2 saturated carbocycles. The standard InChI is InChI=1S/C21H30N2O3S/c1-15-2-4-16(5-3-15)14-27(25,26)23-10-8-18(9-11-23)21(24)22-20-13-17-6-7-19(20)12-17/h2-5,17-20H,6-14H2,1H3,(H,22,24). The molecule has 4 rings (SSSR count). The van der Waals surface area contributed by atoms with Gasteiger partial charge in [-0.25, -0.2) is 12.7 Å². The van der Waals surface area contributed by atoms with Gasteiger partial charge < -0.3 is 5.32 Å². The maximum Gasteiger partial charge on any atom is 0.223 e. The van der Waals surface area contributed by atoms with Gasteiger partial charge in [-0.2, -0.15) is 0 Å². The van der Waals surface area contributed by atoms with Crippen LogP contribution in [0.2, 0.25) is 0 Å². The first kappa shape index (κ1) is 18.9. The van der Waals surface area contributed by atoms with Crippen molar-refractivity contribution < 1.29 is 13.2 Å². The van der Waals surface area contributed by atoms with Gasteiger partial charge in [0.05, 0.1) is 5.75 Å². The maximum atomic E-state index is 12.7. The van der Waals surface area contributed by atoms with E-state index in [0.29, 0.717) is 37.9 Å². The van der Waals surface area contributed by atoms with E-state index in [1.165, 1.54) is 19.3 Å². The van der Waals surface area contributed by atoms with E-state index in [1.807, 2.05) is 31.2 Å². The van der Waals surface area contributed by atoms with Crippen LogP contribution in [0.15, 0.2) is 24.3 Å². The van der Waals surface area contributed by atoms with E-state index in [-0.39, 0.29) is 17.6 Å². The number of nitrogens with one attached hydrogen (secondary N) is 1. The second-order valence-corrected chi connectivity index (χ2v) is 10.7. The normalized spacial score (nSPS) is 29.1. The van der Waals surface area contributed by atoms with Crippen molar-refractivity contribution in [3.05, 3.63) is 35.4 Å². The Kier molecular flexibility index (Phi) is 5.30. The van der Waals surface area contributed by atoms with Gasteiger partial charge >= 0.3 is 0 Å². The topological polar surface area (TPSA) is 66.5 Å². The summed E-state index contributed by atoms with van der Waals surface area (Å²) in [4.78, 5) is 12.6. The van der Waals surface area contributed by atoms with Gasteiger partial charge in [-0.15, -0.1) is 0 Å². The molecule has 1 heterocycles. The number of fused-ring (bicyclic) bond motifs is 2. The molecular formula is C21H30N2O3S. The van der Waals surface area contributed by atoms with Crippen molar-refractivity contribution in [3.63, 3.8) is 0 Å². The smallest absolute Gasteiger partial charge is 0.223 e. The number of aryl methyl sites for hydroxylation is 1. The predicted octanol–water partition coefficient (Wildman–Crippen LogP) is 2.84. The van der Waals surface area contributed by atoms with Gasteiger partial charge in [0.25, 0.3) is 0 Å². The van der Waals surface area contributed by atoms with Crippen LogP contribution in [0.25, 0.3) is 0 Å². The molecule has 1 N–H and O–H groups in total. The summed E-state index contributed by atoms with van der Waals surface area (Å²) in [6.07, 6.45) is 6.25. The van der Waals surface area contributed by atoms with Gasteiger partial charge in [0.15, 0.2) is 0 Å². The van der Waals surface area contributed by atoms with Crippen molar-refractivity contribution >= 4 is 15.9 Å². The SMILES string of the molecule is Cc1ccc(CS(=O)(=O)N2CCC(C(=O)NC3CC4CCC3C4)CC2)cc1. The van der Waals surface area contributed by atoms with Crippen molar-refractivity contribution in [1.29, 1.82) is 0 Å². The van der Waals surface area contributed by atoms with E-state index in [9.17, 15) is 13.2 Å². The molecular weight excluding hydrogens is 360 g/mol. The number of hydrogen-bond acceptors (Lipinski definition) is 3. The number of hydrogen-bond donors (Lipinski definition) is 1. The summed E-state index contributed by atoms with van der Waals surface area (Å²) >= 11 is 0. The van der Waals surface area contributed by atoms with Crippen LogP contribution in [0.1, 0.15) is 49.7 Å². The second-order valence-electron chi connectivity index (χ2n) is 8.71. The number of rotatable bonds is 5. The Balaban J connectivity index is 1.29. The fourth-order valence-corrected chi connectivity index (χ4v) is 6.67. The number of piperidine rings is 1. The molecule has 0 spiro atoms. The zero-order valence-corrected chi connectivity index (χ0v) is 16.9. The molecule has 1 amide bonds. The molecule has 148 valence electrons. The first-order valence-electron chi connectivity index (χ1n) is 10.2. The summed E-state index contributed by atoms with van der Waals surface area (Å²) < 4.78 is 27.0. The molecule has 1 aliphatic heterocycles. The van der Waals surface area contributed by atoms with Gasteiger partial charge in [-0.05, 0) is 56.4 Å². The average molecular weight is 391 g/mol. The summed E-state index contributed by atoms with van der Waals surface area (Å²) in [5, 5.41) is 3.27. The van der Waals surface area contributed by atoms with Crippen LogP contribution in [0.3, 0.4) is 0 Å². The molecule has 1 aromatic carbocycles. The van der Waals surface area contributed by atoms with Crippen LogP contribution in [0.4, 0.5) is 0 Å². The number of carbonyl (C=O) groups is 1. The van der Waals surface area contributed by atoms with Crippen LogP contribution >= 0.6 is 0 Å². The summed E-state index contributed by atoms with van der Waals surface area (Å²) in [5.41, 5.74) is 1.94. The van der Waals surface area contributed by atoms with E-state index in [0.717, 1.165) is 23.5 Å². The first-order valence-corrected chi connectivity index (χ1v) is 11.9. The third-order valence-electron chi connectivity index (χ3n) is 6.75. The number of carbonyl (C=O) groups excluding carboxylic acids is 1. The highest BCUT2D eigenvalue weighted by Crippen LogP contribution is 2.44. The number of benzene rings is 1. The molecule has 27 heavy (non-hydrogen) atoms. The minimum absolute atomic E-state index is 0.0370. The lowest BCUT2D eigenvalue weighted by Gasteiger charge is -2.32. The zero-order valence-electron chi connectivity index (χ0n) is 16.1. The van der Waals surface area contributed by atoms with Crippen molar-refractivity contribution in [3.8, 4) is 0 Å². The summed E-state index contributed by atoms with van der Waals surface area (Å²) in [6.45, 7) is 2.89. The molecule has 5 nitrogen and oxygen atoms in total. The highest BCUT2D eigenvalue weighted by Gasteiger charge is 2.41. The van der Waals surface area contributed by atoms with Crippen molar-refractivity contribution in [2.24, 2.45) is 17.8 Å². The van der Waals surface area contributed by atoms with E-state index < -0.39 is 10.0 Å². The lowest BCUT2D eigenvalue weighted by molar-refractivity contribution is -0.127. The van der Waals surface area contributed by atoms with Crippen LogP contribution in [0.5, 0.6) is 0 Å². The predicted molar refractivity (Wildman–Crippen MR) is 105 cm³/mol. The highest BCUT2D eigenvalue weighted by atomic mass is 32.2. The van der Waals surface area contributed by atoms with Gasteiger partial charge in [0, 0.05) is 25.0 Å². The molecule has 6 heteroatoms. The Hall–Kier alpha value is -1.40. The van der Waals surface area contributed by atoms with E-state index in [1.54, 1.807) is 4.31 Å². The number of amides is 1. The summed E-state index contributed by atoms with van der Waals surface area (Å²) in [6, 6.07) is 8.00. The van der Waals surface area contributed by atoms with Crippen LogP contribution in [0, 0.1) is 24.7 Å². The molecule has 1 aromatic rings. The summed E-state index contributed by atoms with van der Waals surface area (Å²) in [7, 11) is -3.33. The van der Waals surface area contributed by atoms with Gasteiger partial charge in [-0.3, -0.25) is 4.79 Å². The Morgan fingerprint density at radius 2 is 1.78 bits per heavy atom. The molecule has 3 atom stereocenters. The summed E-state index contributed by atoms with van der Waals surface area (Å²) in [5.74, 6) is 1.62. The van der Waals surface area contributed by atoms with Crippen LogP contribution in [-0.4, -0.2) is 37.8 Å². The fraction of sp³-hybridized carbons (Fsp3) is 0.667. The van der Waals surface area contributed by atoms with Gasteiger partial charge in [-0.1, -0.05) is 36.2 Å². The number of sulfonamides is 1. The van der Waals surface area contributed by atoms with Crippen molar-refractivity contribution in [2.75, 3.05) is 13.1 Å². The lowest BCUT2D eigenvalue weighted by atomic mass is 9.93. The molecule has 0 radical (unpaired) electrons. The van der Waals surface area contributed by atoms with Crippen molar-refractivity contribution in [1.82, 2.24) is 9.62 Å². The molecule has 1 saturated heterocycles. The minimum atomic E-state index is -3.33. The van der Waals surface area contributed by atoms with E-state index in [4.69, 9.17) is 0 Å². The third kappa shape index (κ3) is 4.21. The van der Waals surface area contributed by atoms with E-state index >= 15 is 0 Å². The molecule has 2 bridgehead atoms. The van der Waals surface area contributed by atoms with Crippen LogP contribution < -0.4 is 5.32 Å². The Morgan fingerprint density at radius 1 is 1.07 bits per heavy atom. The van der Waals surface area contributed by atoms with Crippen molar-refractivity contribution in [2.45, 2.75) is 57.2 Å². The quantitative estimate of drug-likeness (QED) is 0.841. The average Bonchev–Trinajstić information content (AvgIpc) is 3.27. The van der Waals surface area contributed by atoms with Crippen LogP contribution in [-0.2, 0) is 20.6 Å². The molecule has 0 aromatic heterocycles. The molecule has 2 aliphatic carbocycles. The molecule has 3 aliphatic rings. The third-order valence-corrected chi connectivity index (χ3v) is 8.60. The maximum absolute atomic E-state index is 12.7. The molecule has 3 fully saturated rings. The largest absolute Gasteiger partial charge is 0.353 e. The minimum Gasteiger partial charge on any atom is -0.353 e. The monoisotopic (exact) mass is 390 g/mol. The lowest BCUT2D eigenvalue weighted by Crippen LogP contribution is -2.46. The van der Waals surface area contributed by atoms with Gasteiger partial charge in [0.1, 0.15) is 0 Å². The van der Waals surface area contributed by atoms with E-state index in [2.05, 4.69) is 5.32 Å². The Labute approximate surface area is 162 Å². The van der Waals surface area contributed by atoms with Gasteiger partial charge in [0.2, 0.25) is 15.9 Å². The second kappa shape index (κ2) is 7.55. The first-order chi connectivity index (χ1) is 12.9.